The molecule has 1 aromatic rings. The molecule has 0 heterocycles. The minimum Gasteiger partial charge on any atom is -0.380 e. The number of rotatable bonds is 5. The molecule has 2 fully saturated rings. The van der Waals surface area contributed by atoms with Gasteiger partial charge in [-0.15, -0.1) is 6.58 Å². The van der Waals surface area contributed by atoms with Gasteiger partial charge in [-0.25, -0.2) is 0 Å². The minimum atomic E-state index is 0.723. The number of hydrogen-bond acceptors (Lipinski definition) is 1. The van der Waals surface area contributed by atoms with Crippen molar-refractivity contribution in [1.29, 1.82) is 0 Å². The molecule has 0 aromatic heterocycles. The molecular weight excluding hydrogens is 280 g/mol. The highest BCUT2D eigenvalue weighted by Gasteiger charge is 2.30. The van der Waals surface area contributed by atoms with Gasteiger partial charge in [0.15, 0.2) is 0 Å². The maximum Gasteiger partial charge on any atom is 0.0713 e. The molecular formula is C22H32O. The summed E-state index contributed by atoms with van der Waals surface area (Å²) in [7, 11) is 1.76. The predicted molar refractivity (Wildman–Crippen MR) is 97.5 cm³/mol. The van der Waals surface area contributed by atoms with Gasteiger partial charge in [-0.3, -0.25) is 0 Å². The predicted octanol–water partition coefficient (Wildman–Crippen LogP) is 6.10. The molecule has 2 saturated carbocycles. The standard InChI is InChI=1S/C22H32O/c1-3-17-4-8-19(9-5-17)21-12-14-22(15-13-21)20-10-6-18(7-11-20)16-23-2/h3,6-7,10-11,17,19,21-22H,1,4-5,8-9,12-16H2,2H3/t17-,19-,21-,22-. The van der Waals surface area contributed by atoms with Crippen molar-refractivity contribution < 1.29 is 4.74 Å². The van der Waals surface area contributed by atoms with Crippen molar-refractivity contribution >= 4 is 0 Å². The third-order valence-electron chi connectivity index (χ3n) is 6.35. The summed E-state index contributed by atoms with van der Waals surface area (Å²) in [6.45, 7) is 4.70. The topological polar surface area (TPSA) is 9.23 Å². The molecule has 0 amide bonds. The van der Waals surface area contributed by atoms with Crippen LogP contribution in [0.2, 0.25) is 0 Å². The van der Waals surface area contributed by atoms with Crippen molar-refractivity contribution in [3.8, 4) is 0 Å². The first-order valence-electron chi connectivity index (χ1n) is 9.50. The summed E-state index contributed by atoms with van der Waals surface area (Å²) in [5, 5.41) is 0. The Kier molecular flexibility index (Phi) is 5.94. The fourth-order valence-corrected chi connectivity index (χ4v) is 4.83. The maximum absolute atomic E-state index is 5.20. The van der Waals surface area contributed by atoms with Crippen LogP contribution in [0.5, 0.6) is 0 Å². The van der Waals surface area contributed by atoms with E-state index < -0.39 is 0 Å². The van der Waals surface area contributed by atoms with Gasteiger partial charge in [-0.05, 0) is 86.2 Å². The van der Waals surface area contributed by atoms with E-state index in [1.807, 2.05) is 0 Å². The second kappa shape index (κ2) is 8.15. The number of methoxy groups -OCH3 is 1. The Morgan fingerprint density at radius 1 is 0.913 bits per heavy atom. The summed E-state index contributed by atoms with van der Waals surface area (Å²) in [6, 6.07) is 9.13. The van der Waals surface area contributed by atoms with Crippen LogP contribution in [0.4, 0.5) is 0 Å². The average molecular weight is 312 g/mol. The highest BCUT2D eigenvalue weighted by molar-refractivity contribution is 5.25. The van der Waals surface area contributed by atoms with Crippen LogP contribution >= 0.6 is 0 Å². The zero-order valence-electron chi connectivity index (χ0n) is 14.7. The molecule has 3 rings (SSSR count). The molecule has 0 N–H and O–H groups in total. The van der Waals surface area contributed by atoms with Gasteiger partial charge < -0.3 is 4.74 Å². The molecule has 0 saturated heterocycles. The molecule has 0 atom stereocenters. The summed E-state index contributed by atoms with van der Waals surface area (Å²) in [4.78, 5) is 0. The Bertz CT molecular complexity index is 473. The van der Waals surface area contributed by atoms with Crippen LogP contribution in [0.25, 0.3) is 0 Å². The van der Waals surface area contributed by atoms with Crippen molar-refractivity contribution in [2.45, 2.75) is 63.9 Å². The largest absolute Gasteiger partial charge is 0.380 e. The van der Waals surface area contributed by atoms with Gasteiger partial charge in [0.1, 0.15) is 0 Å². The molecule has 0 aliphatic heterocycles. The summed E-state index contributed by atoms with van der Waals surface area (Å²) in [5.74, 6) is 3.57. The zero-order valence-corrected chi connectivity index (χ0v) is 14.7. The highest BCUT2D eigenvalue weighted by Crippen LogP contribution is 2.43. The Morgan fingerprint density at radius 3 is 2.00 bits per heavy atom. The Balaban J connectivity index is 1.49. The minimum absolute atomic E-state index is 0.723. The Morgan fingerprint density at radius 2 is 1.48 bits per heavy atom. The molecule has 0 spiro atoms. The van der Waals surface area contributed by atoms with E-state index in [2.05, 4.69) is 36.9 Å². The molecule has 1 heteroatoms. The Labute approximate surface area is 142 Å². The summed E-state index contributed by atoms with van der Waals surface area (Å²) in [5.41, 5.74) is 2.82. The molecule has 1 aromatic carbocycles. The SMILES string of the molecule is C=C[C@H]1CC[C@H]([C@H]2CC[C@H](c3ccc(COC)cc3)CC2)CC1. The van der Waals surface area contributed by atoms with Crippen molar-refractivity contribution in [2.75, 3.05) is 7.11 Å². The summed E-state index contributed by atoms with van der Waals surface area (Å²) in [6.07, 6.45) is 13.5. The van der Waals surface area contributed by atoms with Crippen LogP contribution in [-0.2, 0) is 11.3 Å². The number of hydrogen-bond donors (Lipinski definition) is 0. The van der Waals surface area contributed by atoms with E-state index in [-0.39, 0.29) is 0 Å². The number of benzene rings is 1. The average Bonchev–Trinajstić information content (AvgIpc) is 2.63. The first-order valence-corrected chi connectivity index (χ1v) is 9.50. The molecule has 0 bridgehead atoms. The molecule has 2 aliphatic rings. The monoisotopic (exact) mass is 312 g/mol. The second-order valence-corrected chi connectivity index (χ2v) is 7.70. The maximum atomic E-state index is 5.20. The lowest BCUT2D eigenvalue weighted by Crippen LogP contribution is -2.25. The van der Waals surface area contributed by atoms with Gasteiger partial charge in [0.25, 0.3) is 0 Å². The van der Waals surface area contributed by atoms with Gasteiger partial charge >= 0.3 is 0 Å². The van der Waals surface area contributed by atoms with Crippen LogP contribution in [0.1, 0.15) is 68.4 Å². The number of allylic oxidation sites excluding steroid dienone is 1. The quantitative estimate of drug-likeness (QED) is 0.597. The zero-order chi connectivity index (χ0) is 16.1. The van der Waals surface area contributed by atoms with Gasteiger partial charge in [-0.2, -0.15) is 0 Å². The fraction of sp³-hybridized carbons (Fsp3) is 0.636. The Hall–Kier alpha value is -1.08. The molecule has 1 nitrogen and oxygen atoms in total. The van der Waals surface area contributed by atoms with Gasteiger partial charge in [0.05, 0.1) is 6.61 Å². The van der Waals surface area contributed by atoms with Gasteiger partial charge in [0, 0.05) is 7.11 Å². The normalized spacial score (nSPS) is 31.7. The molecule has 0 unspecified atom stereocenters. The molecule has 0 radical (unpaired) electrons. The van der Waals surface area contributed by atoms with Crippen molar-refractivity contribution in [3.05, 3.63) is 48.0 Å². The van der Waals surface area contributed by atoms with Crippen LogP contribution in [-0.4, -0.2) is 7.11 Å². The first-order chi connectivity index (χ1) is 11.3. The van der Waals surface area contributed by atoms with Gasteiger partial charge in [-0.1, -0.05) is 30.3 Å². The van der Waals surface area contributed by atoms with E-state index in [0.717, 1.165) is 30.3 Å². The lowest BCUT2D eigenvalue weighted by molar-refractivity contribution is 0.171. The van der Waals surface area contributed by atoms with Crippen molar-refractivity contribution in [1.82, 2.24) is 0 Å². The molecule has 2 aliphatic carbocycles. The van der Waals surface area contributed by atoms with Crippen LogP contribution < -0.4 is 0 Å². The number of ether oxygens (including phenoxy) is 1. The summed E-state index contributed by atoms with van der Waals surface area (Å²) < 4.78 is 5.20. The fourth-order valence-electron chi connectivity index (χ4n) is 4.83. The first kappa shape index (κ1) is 16.8. The third kappa shape index (κ3) is 4.26. The smallest absolute Gasteiger partial charge is 0.0713 e. The van der Waals surface area contributed by atoms with Gasteiger partial charge in [0.2, 0.25) is 0 Å². The van der Waals surface area contributed by atoms with E-state index in [0.29, 0.717) is 0 Å². The van der Waals surface area contributed by atoms with E-state index in [1.54, 1.807) is 12.7 Å². The van der Waals surface area contributed by atoms with E-state index >= 15 is 0 Å². The van der Waals surface area contributed by atoms with Crippen molar-refractivity contribution in [2.24, 2.45) is 17.8 Å². The van der Waals surface area contributed by atoms with E-state index in [9.17, 15) is 0 Å². The molecule has 23 heavy (non-hydrogen) atoms. The lowest BCUT2D eigenvalue weighted by atomic mass is 9.68. The van der Waals surface area contributed by atoms with Crippen LogP contribution in [0, 0.1) is 17.8 Å². The van der Waals surface area contributed by atoms with E-state index in [4.69, 9.17) is 4.74 Å². The van der Waals surface area contributed by atoms with Crippen molar-refractivity contribution in [3.63, 3.8) is 0 Å². The lowest BCUT2D eigenvalue weighted by Gasteiger charge is -2.37. The van der Waals surface area contributed by atoms with Crippen LogP contribution in [0.15, 0.2) is 36.9 Å². The summed E-state index contributed by atoms with van der Waals surface area (Å²) >= 11 is 0. The third-order valence-corrected chi connectivity index (χ3v) is 6.35. The molecule has 126 valence electrons. The van der Waals surface area contributed by atoms with Crippen LogP contribution in [0.3, 0.4) is 0 Å². The van der Waals surface area contributed by atoms with E-state index in [1.165, 1.54) is 56.9 Å². The highest BCUT2D eigenvalue weighted by atomic mass is 16.5. The second-order valence-electron chi connectivity index (χ2n) is 7.70.